The van der Waals surface area contributed by atoms with E-state index in [9.17, 15) is 14.7 Å². The Morgan fingerprint density at radius 2 is 1.91 bits per heavy atom. The van der Waals surface area contributed by atoms with Crippen molar-refractivity contribution in [3.05, 3.63) is 35.4 Å². The van der Waals surface area contributed by atoms with Gasteiger partial charge < -0.3 is 10.0 Å². The van der Waals surface area contributed by atoms with Crippen LogP contribution in [0.1, 0.15) is 43.7 Å². The van der Waals surface area contributed by atoms with Gasteiger partial charge in [-0.3, -0.25) is 9.59 Å². The van der Waals surface area contributed by atoms with E-state index in [-0.39, 0.29) is 17.7 Å². The smallest absolute Gasteiger partial charge is 0.306 e. The molecule has 0 heterocycles. The van der Waals surface area contributed by atoms with E-state index in [1.165, 1.54) is 5.56 Å². The zero-order chi connectivity index (χ0) is 16.1. The summed E-state index contributed by atoms with van der Waals surface area (Å²) in [5.41, 5.74) is 2.34. The van der Waals surface area contributed by atoms with Crippen molar-refractivity contribution in [2.75, 3.05) is 6.54 Å². The van der Waals surface area contributed by atoms with Crippen molar-refractivity contribution in [2.24, 2.45) is 11.8 Å². The zero-order valence-electron chi connectivity index (χ0n) is 13.4. The second-order valence-electron chi connectivity index (χ2n) is 6.18. The van der Waals surface area contributed by atoms with E-state index in [4.69, 9.17) is 0 Å². The van der Waals surface area contributed by atoms with E-state index in [1.54, 1.807) is 0 Å². The van der Waals surface area contributed by atoms with Crippen LogP contribution in [-0.4, -0.2) is 28.4 Å². The van der Waals surface area contributed by atoms with E-state index >= 15 is 0 Å². The van der Waals surface area contributed by atoms with E-state index in [0.717, 1.165) is 18.4 Å². The molecule has 2 rings (SSSR count). The first kappa shape index (κ1) is 16.5. The topological polar surface area (TPSA) is 57.6 Å². The Bertz CT molecular complexity index is 541. The molecule has 1 aliphatic carbocycles. The van der Waals surface area contributed by atoms with Crippen LogP contribution in [0.5, 0.6) is 0 Å². The molecule has 0 spiro atoms. The summed E-state index contributed by atoms with van der Waals surface area (Å²) in [6.45, 7) is 5.29. The third-order valence-electron chi connectivity index (χ3n) is 4.69. The van der Waals surface area contributed by atoms with Gasteiger partial charge in [0.1, 0.15) is 0 Å². The summed E-state index contributed by atoms with van der Waals surface area (Å²) in [4.78, 5) is 25.8. The monoisotopic (exact) mass is 303 g/mol. The number of rotatable bonds is 5. The lowest BCUT2D eigenvalue weighted by atomic mass is 9.80. The second-order valence-corrected chi connectivity index (χ2v) is 6.18. The highest BCUT2D eigenvalue weighted by molar-refractivity contribution is 5.80. The molecule has 4 nitrogen and oxygen atoms in total. The van der Waals surface area contributed by atoms with Gasteiger partial charge in [-0.15, -0.1) is 0 Å². The maximum absolute atomic E-state index is 12.7. The first-order valence-corrected chi connectivity index (χ1v) is 8.09. The predicted molar refractivity (Wildman–Crippen MR) is 85.4 cm³/mol. The summed E-state index contributed by atoms with van der Waals surface area (Å²) in [5, 5.41) is 9.18. The Kier molecular flexibility index (Phi) is 5.58. The number of amides is 1. The highest BCUT2D eigenvalue weighted by atomic mass is 16.4. The van der Waals surface area contributed by atoms with E-state index in [1.807, 2.05) is 30.0 Å². The molecule has 120 valence electrons. The van der Waals surface area contributed by atoms with E-state index < -0.39 is 5.97 Å². The lowest BCUT2D eigenvalue weighted by Crippen LogP contribution is -2.38. The zero-order valence-corrected chi connectivity index (χ0v) is 13.4. The minimum atomic E-state index is -0.764. The highest BCUT2D eigenvalue weighted by Gasteiger charge is 2.33. The van der Waals surface area contributed by atoms with Gasteiger partial charge in [0, 0.05) is 19.0 Å². The minimum absolute atomic E-state index is 0.108. The first-order chi connectivity index (χ1) is 10.5. The molecular formula is C18H25NO3. The van der Waals surface area contributed by atoms with Gasteiger partial charge in [-0.05, 0) is 44.2 Å². The minimum Gasteiger partial charge on any atom is -0.481 e. The molecule has 0 aliphatic heterocycles. The van der Waals surface area contributed by atoms with Crippen LogP contribution in [0.4, 0.5) is 0 Å². The SMILES string of the molecule is CCN(Cc1ccccc1C)C(=O)C1CCCC(C(=O)O)C1. The third kappa shape index (κ3) is 3.87. The molecule has 0 radical (unpaired) electrons. The molecule has 1 amide bonds. The first-order valence-electron chi connectivity index (χ1n) is 8.09. The third-order valence-corrected chi connectivity index (χ3v) is 4.69. The summed E-state index contributed by atoms with van der Waals surface area (Å²) in [7, 11) is 0. The normalized spacial score (nSPS) is 21.4. The van der Waals surface area contributed by atoms with Gasteiger partial charge >= 0.3 is 5.97 Å². The van der Waals surface area contributed by atoms with Crippen molar-refractivity contribution in [3.63, 3.8) is 0 Å². The van der Waals surface area contributed by atoms with Crippen molar-refractivity contribution in [2.45, 2.75) is 46.1 Å². The molecule has 0 bridgehead atoms. The molecule has 22 heavy (non-hydrogen) atoms. The number of benzene rings is 1. The van der Waals surface area contributed by atoms with Crippen LogP contribution in [0.3, 0.4) is 0 Å². The van der Waals surface area contributed by atoms with Gasteiger partial charge in [0.2, 0.25) is 5.91 Å². The lowest BCUT2D eigenvalue weighted by molar-refractivity contribution is -0.145. The highest BCUT2D eigenvalue weighted by Crippen LogP contribution is 2.31. The standard InChI is InChI=1S/C18H25NO3/c1-3-19(12-16-8-5-4-7-13(16)2)17(20)14-9-6-10-15(11-14)18(21)22/h4-5,7-8,14-15H,3,6,9-12H2,1-2H3,(H,21,22). The number of carbonyl (C=O) groups excluding carboxylic acids is 1. The van der Waals surface area contributed by atoms with Gasteiger partial charge in [-0.1, -0.05) is 30.7 Å². The van der Waals surface area contributed by atoms with E-state index in [2.05, 4.69) is 13.0 Å². The Balaban J connectivity index is 2.05. The molecule has 1 saturated carbocycles. The number of carboxylic acids is 1. The van der Waals surface area contributed by atoms with Crippen molar-refractivity contribution >= 4 is 11.9 Å². The molecule has 2 unspecified atom stereocenters. The molecule has 1 aliphatic rings. The maximum atomic E-state index is 12.7. The molecule has 1 N–H and O–H groups in total. The van der Waals surface area contributed by atoms with Crippen LogP contribution in [-0.2, 0) is 16.1 Å². The predicted octanol–water partition coefficient (Wildman–Crippen LogP) is 3.23. The van der Waals surface area contributed by atoms with Crippen LogP contribution < -0.4 is 0 Å². The number of carboxylic acid groups (broad SMARTS) is 1. The van der Waals surface area contributed by atoms with Crippen molar-refractivity contribution < 1.29 is 14.7 Å². The van der Waals surface area contributed by atoms with Crippen LogP contribution >= 0.6 is 0 Å². The summed E-state index contributed by atoms with van der Waals surface area (Å²) < 4.78 is 0. The van der Waals surface area contributed by atoms with Crippen LogP contribution in [0.15, 0.2) is 24.3 Å². The van der Waals surface area contributed by atoms with Gasteiger partial charge in [-0.2, -0.15) is 0 Å². The fraction of sp³-hybridized carbons (Fsp3) is 0.556. The number of aryl methyl sites for hydroxylation is 1. The van der Waals surface area contributed by atoms with Crippen LogP contribution in [0.25, 0.3) is 0 Å². The Morgan fingerprint density at radius 3 is 2.55 bits per heavy atom. The van der Waals surface area contributed by atoms with Gasteiger partial charge in [-0.25, -0.2) is 0 Å². The molecule has 0 saturated heterocycles. The number of aliphatic carboxylic acids is 1. The van der Waals surface area contributed by atoms with E-state index in [0.29, 0.717) is 25.9 Å². The molecule has 0 aromatic heterocycles. The van der Waals surface area contributed by atoms with Crippen LogP contribution in [0.2, 0.25) is 0 Å². The Hall–Kier alpha value is -1.84. The molecule has 4 heteroatoms. The summed E-state index contributed by atoms with van der Waals surface area (Å²) in [6, 6.07) is 8.08. The Labute approximate surface area is 132 Å². The number of hydrogen-bond donors (Lipinski definition) is 1. The van der Waals surface area contributed by atoms with Crippen LogP contribution in [0, 0.1) is 18.8 Å². The summed E-state index contributed by atoms with van der Waals surface area (Å²) in [6.07, 6.45) is 2.82. The molecule has 1 aromatic rings. The fourth-order valence-electron chi connectivity index (χ4n) is 3.24. The fourth-order valence-corrected chi connectivity index (χ4v) is 3.24. The summed E-state index contributed by atoms with van der Waals surface area (Å²) in [5.74, 6) is -1.16. The van der Waals surface area contributed by atoms with Gasteiger partial charge in [0.05, 0.1) is 5.92 Å². The van der Waals surface area contributed by atoms with Crippen molar-refractivity contribution in [3.8, 4) is 0 Å². The quantitative estimate of drug-likeness (QED) is 0.908. The average molecular weight is 303 g/mol. The molecular weight excluding hydrogens is 278 g/mol. The molecule has 1 fully saturated rings. The average Bonchev–Trinajstić information content (AvgIpc) is 2.53. The molecule has 1 aromatic carbocycles. The number of hydrogen-bond acceptors (Lipinski definition) is 2. The van der Waals surface area contributed by atoms with Gasteiger partial charge in [0.15, 0.2) is 0 Å². The van der Waals surface area contributed by atoms with Crippen molar-refractivity contribution in [1.29, 1.82) is 0 Å². The largest absolute Gasteiger partial charge is 0.481 e. The van der Waals surface area contributed by atoms with Gasteiger partial charge in [0.25, 0.3) is 0 Å². The maximum Gasteiger partial charge on any atom is 0.306 e. The number of nitrogens with zero attached hydrogens (tertiary/aromatic N) is 1. The summed E-state index contributed by atoms with van der Waals surface area (Å²) >= 11 is 0. The number of carbonyl (C=O) groups is 2. The molecule has 2 atom stereocenters. The lowest BCUT2D eigenvalue weighted by Gasteiger charge is -2.31. The van der Waals surface area contributed by atoms with Crippen molar-refractivity contribution in [1.82, 2.24) is 4.90 Å². The second kappa shape index (κ2) is 7.43. The Morgan fingerprint density at radius 1 is 1.23 bits per heavy atom.